The topological polar surface area (TPSA) is 120 Å². The molecule has 0 spiro atoms. The van der Waals surface area contributed by atoms with Crippen molar-refractivity contribution < 1.29 is 35.0 Å². The average molecular weight is 489 g/mol. The number of halogens is 2. The number of rotatable bonds is 5. The first-order valence-electron chi connectivity index (χ1n) is 8.52. The zero-order chi connectivity index (χ0) is 19.7. The molecule has 0 radical (unpaired) electrons. The number of aliphatic hydroxyl groups is 5. The summed E-state index contributed by atoms with van der Waals surface area (Å²) in [7, 11) is 0. The van der Waals surface area contributed by atoms with Gasteiger partial charge in [-0.1, -0.05) is 0 Å². The molecule has 2 aliphatic rings. The third kappa shape index (κ3) is 4.97. The van der Waals surface area contributed by atoms with Crippen LogP contribution >= 0.6 is 23.2 Å². The Hall–Kier alpha value is 0.0395. The molecule has 1 aromatic carbocycles. The Bertz CT molecular complexity index is 631. The summed E-state index contributed by atoms with van der Waals surface area (Å²) in [6.07, 6.45) is -5.65. The van der Waals surface area contributed by atoms with Crippen molar-refractivity contribution in [2.45, 2.75) is 52.3 Å². The number of benzene rings is 1. The van der Waals surface area contributed by atoms with Crippen LogP contribution < -0.4 is 0 Å². The zero-order valence-corrected chi connectivity index (χ0v) is 17.5. The summed E-state index contributed by atoms with van der Waals surface area (Å²) in [6.45, 7) is -0.272. The predicted molar refractivity (Wildman–Crippen MR) is 100 cm³/mol. The van der Waals surface area contributed by atoms with Crippen molar-refractivity contribution in [3.63, 3.8) is 0 Å². The van der Waals surface area contributed by atoms with E-state index >= 15 is 0 Å². The molecular formula is C17H23Cl2O7Se+. The number of hydrogen-bond acceptors (Lipinski definition) is 7. The molecule has 0 aromatic heterocycles. The van der Waals surface area contributed by atoms with E-state index in [4.69, 9.17) is 32.7 Å². The van der Waals surface area contributed by atoms with Crippen LogP contribution in [0.2, 0.25) is 25.5 Å². The van der Waals surface area contributed by atoms with Crippen LogP contribution in [0.25, 0.3) is 0 Å². The van der Waals surface area contributed by atoms with Gasteiger partial charge in [0.15, 0.2) is 0 Å². The van der Waals surface area contributed by atoms with Gasteiger partial charge < -0.3 is 0 Å². The molecular weight excluding hydrogens is 466 g/mol. The van der Waals surface area contributed by atoms with Crippen molar-refractivity contribution in [1.29, 1.82) is 0 Å². The summed E-state index contributed by atoms with van der Waals surface area (Å²) in [4.78, 5) is -0.408. The first-order chi connectivity index (χ1) is 12.8. The maximum absolute atomic E-state index is 10.7. The summed E-state index contributed by atoms with van der Waals surface area (Å²) in [5, 5.41) is 51.7. The van der Waals surface area contributed by atoms with Gasteiger partial charge in [-0.2, -0.15) is 0 Å². The summed E-state index contributed by atoms with van der Waals surface area (Å²) < 4.78 is 11.3. The Labute approximate surface area is 171 Å². The molecule has 0 saturated carbocycles. The van der Waals surface area contributed by atoms with Crippen molar-refractivity contribution in [3.8, 4) is 0 Å². The number of ether oxygens (including phenoxy) is 2. The van der Waals surface area contributed by atoms with Gasteiger partial charge in [0.25, 0.3) is 0 Å². The molecule has 2 saturated heterocycles. The maximum atomic E-state index is 10.7. The van der Waals surface area contributed by atoms with Gasteiger partial charge in [0.05, 0.1) is 0 Å². The summed E-state index contributed by atoms with van der Waals surface area (Å²) in [6, 6.07) is 4.85. The molecule has 1 aromatic rings. The molecule has 0 bridgehead atoms. The van der Waals surface area contributed by atoms with E-state index in [1.165, 1.54) is 0 Å². The molecule has 7 nitrogen and oxygen atoms in total. The standard InChI is InChI=1S/C17H23Cl2O7Se/c18-9-1-8(2-10(19)3-9)17-25-5-11(21)16(26-17)13(23)7-27-6-12(22)15(24)14(27)4-20/h1-3,11-17,20-24H,4-7H2/q+1/t11-,12-,13-,14-,15+,16+,17?,27?/m1/s1. The molecule has 2 aliphatic heterocycles. The first-order valence-corrected chi connectivity index (χ1v) is 12.7. The monoisotopic (exact) mass is 489 g/mol. The molecule has 10 heteroatoms. The Morgan fingerprint density at radius 1 is 1.11 bits per heavy atom. The van der Waals surface area contributed by atoms with E-state index in [-0.39, 0.29) is 18.5 Å². The normalized spacial score (nSPS) is 38.1. The zero-order valence-electron chi connectivity index (χ0n) is 14.3. The van der Waals surface area contributed by atoms with E-state index < -0.39 is 55.5 Å². The average Bonchev–Trinajstić information content (AvgIpc) is 2.87. The van der Waals surface area contributed by atoms with Gasteiger partial charge in [-0.3, -0.25) is 0 Å². The molecule has 3 rings (SSSR count). The van der Waals surface area contributed by atoms with Crippen molar-refractivity contribution in [2.24, 2.45) is 0 Å². The van der Waals surface area contributed by atoms with Gasteiger partial charge in [-0.25, -0.2) is 0 Å². The van der Waals surface area contributed by atoms with Gasteiger partial charge in [-0.15, -0.1) is 0 Å². The van der Waals surface area contributed by atoms with Gasteiger partial charge >= 0.3 is 171 Å². The Morgan fingerprint density at radius 2 is 1.78 bits per heavy atom. The van der Waals surface area contributed by atoms with Crippen LogP contribution in [0.3, 0.4) is 0 Å². The fourth-order valence-electron chi connectivity index (χ4n) is 3.39. The van der Waals surface area contributed by atoms with Crippen LogP contribution in [0.4, 0.5) is 0 Å². The second kappa shape index (κ2) is 9.24. The van der Waals surface area contributed by atoms with E-state index in [9.17, 15) is 25.5 Å². The SMILES string of the molecule is OC[C@@H]1[C@@H](O)[C@H](O)C[Se+]1C[C@@H](O)[C@H]1OC(c2cc(Cl)cc(Cl)c2)OC[C@H]1O. The fourth-order valence-corrected chi connectivity index (χ4v) is 9.56. The van der Waals surface area contributed by atoms with E-state index in [0.29, 0.717) is 20.9 Å². The predicted octanol–water partition coefficient (Wildman–Crippen LogP) is 0.722. The summed E-state index contributed by atoms with van der Waals surface area (Å²) >= 11 is 10.3. The van der Waals surface area contributed by atoms with Gasteiger partial charge in [0.1, 0.15) is 0 Å². The van der Waals surface area contributed by atoms with Crippen LogP contribution in [0.1, 0.15) is 11.9 Å². The molecule has 0 aliphatic carbocycles. The molecule has 8 atom stereocenters. The molecule has 2 heterocycles. The minimum atomic E-state index is -1.70. The van der Waals surface area contributed by atoms with E-state index in [2.05, 4.69) is 0 Å². The summed E-state index contributed by atoms with van der Waals surface area (Å²) in [5.41, 5.74) is 0.576. The molecule has 0 amide bonds. The summed E-state index contributed by atoms with van der Waals surface area (Å²) in [5.74, 6) is 0. The minimum absolute atomic E-state index is 0.0319. The number of aliphatic hydroxyl groups excluding tert-OH is 5. The van der Waals surface area contributed by atoms with E-state index in [1.807, 2.05) is 0 Å². The first kappa shape index (κ1) is 21.7. The molecule has 5 N–H and O–H groups in total. The second-order valence-corrected chi connectivity index (χ2v) is 12.6. The molecule has 2 fully saturated rings. The van der Waals surface area contributed by atoms with Crippen molar-refractivity contribution >= 4 is 37.1 Å². The van der Waals surface area contributed by atoms with Crippen LogP contribution in [0, 0.1) is 0 Å². The second-order valence-electron chi connectivity index (χ2n) is 6.75. The number of hydrogen-bond donors (Lipinski definition) is 5. The van der Waals surface area contributed by atoms with Gasteiger partial charge in [-0.05, 0) is 0 Å². The van der Waals surface area contributed by atoms with Crippen LogP contribution in [-0.2, 0) is 9.47 Å². The van der Waals surface area contributed by atoms with Crippen molar-refractivity contribution in [3.05, 3.63) is 33.8 Å². The molecule has 2 unspecified atom stereocenters. The van der Waals surface area contributed by atoms with Crippen LogP contribution in [0.5, 0.6) is 0 Å². The fraction of sp³-hybridized carbons (Fsp3) is 0.647. The van der Waals surface area contributed by atoms with E-state index in [1.54, 1.807) is 18.2 Å². The van der Waals surface area contributed by atoms with Crippen molar-refractivity contribution in [1.82, 2.24) is 0 Å². The van der Waals surface area contributed by atoms with Crippen LogP contribution in [-0.4, -0.2) is 83.2 Å². The Kier molecular flexibility index (Phi) is 7.44. The van der Waals surface area contributed by atoms with Gasteiger partial charge in [0.2, 0.25) is 0 Å². The quantitative estimate of drug-likeness (QED) is 0.387. The third-order valence-electron chi connectivity index (χ3n) is 4.77. The van der Waals surface area contributed by atoms with Gasteiger partial charge in [0, 0.05) is 0 Å². The molecule has 152 valence electrons. The molecule has 27 heavy (non-hydrogen) atoms. The van der Waals surface area contributed by atoms with E-state index in [0.717, 1.165) is 0 Å². The third-order valence-corrected chi connectivity index (χ3v) is 11.1. The van der Waals surface area contributed by atoms with Crippen molar-refractivity contribution in [2.75, 3.05) is 13.2 Å². The Balaban J connectivity index is 1.69. The Morgan fingerprint density at radius 3 is 2.41 bits per heavy atom. The van der Waals surface area contributed by atoms with Crippen LogP contribution in [0.15, 0.2) is 18.2 Å².